The Morgan fingerprint density at radius 2 is 1.71 bits per heavy atom. The van der Waals surface area contributed by atoms with Gasteiger partial charge in [-0.25, -0.2) is 0 Å². The lowest BCUT2D eigenvalue weighted by atomic mass is 10.3. The SMILES string of the molecule is COc1cccc(N=Nc2ccccc2)c1I. The maximum Gasteiger partial charge on any atom is 0.134 e. The Morgan fingerprint density at radius 3 is 2.41 bits per heavy atom. The molecule has 86 valence electrons. The predicted octanol–water partition coefficient (Wildman–Crippen LogP) is 4.72. The van der Waals surface area contributed by atoms with Crippen molar-refractivity contribution in [2.45, 2.75) is 0 Å². The van der Waals surface area contributed by atoms with E-state index in [0.717, 1.165) is 20.7 Å². The molecule has 0 aromatic heterocycles. The van der Waals surface area contributed by atoms with Gasteiger partial charge in [-0.05, 0) is 46.9 Å². The minimum Gasteiger partial charge on any atom is -0.496 e. The summed E-state index contributed by atoms with van der Waals surface area (Å²) < 4.78 is 6.19. The maximum absolute atomic E-state index is 5.23. The number of ether oxygens (including phenoxy) is 1. The van der Waals surface area contributed by atoms with Crippen LogP contribution in [0.3, 0.4) is 0 Å². The second kappa shape index (κ2) is 5.77. The second-order valence-electron chi connectivity index (χ2n) is 3.33. The lowest BCUT2D eigenvalue weighted by Gasteiger charge is -2.03. The van der Waals surface area contributed by atoms with E-state index >= 15 is 0 Å². The molecule has 0 aliphatic carbocycles. The van der Waals surface area contributed by atoms with Gasteiger partial charge >= 0.3 is 0 Å². The van der Waals surface area contributed by atoms with Crippen molar-refractivity contribution in [3.05, 3.63) is 52.1 Å². The summed E-state index contributed by atoms with van der Waals surface area (Å²) in [6.07, 6.45) is 0. The van der Waals surface area contributed by atoms with Gasteiger partial charge in [0.2, 0.25) is 0 Å². The third kappa shape index (κ3) is 3.03. The van der Waals surface area contributed by atoms with E-state index in [-0.39, 0.29) is 0 Å². The van der Waals surface area contributed by atoms with E-state index in [0.29, 0.717) is 0 Å². The summed E-state index contributed by atoms with van der Waals surface area (Å²) in [6.45, 7) is 0. The highest BCUT2D eigenvalue weighted by molar-refractivity contribution is 14.1. The molecule has 0 heterocycles. The monoisotopic (exact) mass is 338 g/mol. The number of azo groups is 1. The fraction of sp³-hybridized carbons (Fsp3) is 0.0769. The van der Waals surface area contributed by atoms with Crippen molar-refractivity contribution in [2.75, 3.05) is 7.11 Å². The molecule has 0 radical (unpaired) electrons. The van der Waals surface area contributed by atoms with Crippen molar-refractivity contribution in [3.8, 4) is 5.75 Å². The average molecular weight is 338 g/mol. The molecule has 2 rings (SSSR count). The topological polar surface area (TPSA) is 34.0 Å². The molecule has 0 aliphatic rings. The Kier molecular flexibility index (Phi) is 4.08. The molecule has 3 nitrogen and oxygen atoms in total. The first-order valence-corrected chi connectivity index (χ1v) is 6.18. The Labute approximate surface area is 114 Å². The van der Waals surface area contributed by atoms with E-state index in [2.05, 4.69) is 32.8 Å². The number of hydrogen-bond donors (Lipinski definition) is 0. The third-order valence-corrected chi connectivity index (χ3v) is 3.28. The van der Waals surface area contributed by atoms with Crippen LogP contribution < -0.4 is 4.74 Å². The molecule has 17 heavy (non-hydrogen) atoms. The Balaban J connectivity index is 2.28. The molecule has 0 saturated carbocycles. The van der Waals surface area contributed by atoms with Gasteiger partial charge in [-0.3, -0.25) is 0 Å². The smallest absolute Gasteiger partial charge is 0.134 e. The largest absolute Gasteiger partial charge is 0.496 e. The van der Waals surface area contributed by atoms with Gasteiger partial charge in [-0.15, -0.1) is 5.11 Å². The fourth-order valence-electron chi connectivity index (χ4n) is 1.34. The molecular formula is C13H11IN2O. The van der Waals surface area contributed by atoms with Crippen molar-refractivity contribution in [3.63, 3.8) is 0 Å². The molecular weight excluding hydrogens is 327 g/mol. The summed E-state index contributed by atoms with van der Waals surface area (Å²) in [7, 11) is 1.65. The molecule has 0 aliphatic heterocycles. The highest BCUT2D eigenvalue weighted by Gasteiger charge is 2.04. The van der Waals surface area contributed by atoms with Gasteiger partial charge in [0.15, 0.2) is 0 Å². The van der Waals surface area contributed by atoms with Gasteiger partial charge < -0.3 is 4.74 Å². The molecule has 0 atom stereocenters. The number of nitrogens with zero attached hydrogens (tertiary/aromatic N) is 2. The molecule has 2 aromatic carbocycles. The zero-order valence-corrected chi connectivity index (χ0v) is 11.5. The van der Waals surface area contributed by atoms with Crippen molar-refractivity contribution in [1.29, 1.82) is 0 Å². The number of halogens is 1. The predicted molar refractivity (Wildman–Crippen MR) is 76.3 cm³/mol. The van der Waals surface area contributed by atoms with E-state index in [1.165, 1.54) is 0 Å². The van der Waals surface area contributed by atoms with Crippen LogP contribution in [0.2, 0.25) is 0 Å². The van der Waals surface area contributed by atoms with Crippen LogP contribution in [0.5, 0.6) is 5.75 Å². The highest BCUT2D eigenvalue weighted by atomic mass is 127. The Morgan fingerprint density at radius 1 is 0.941 bits per heavy atom. The second-order valence-corrected chi connectivity index (χ2v) is 4.41. The van der Waals surface area contributed by atoms with Crippen LogP contribution in [0.4, 0.5) is 11.4 Å². The summed E-state index contributed by atoms with van der Waals surface area (Å²) >= 11 is 2.20. The highest BCUT2D eigenvalue weighted by Crippen LogP contribution is 2.31. The third-order valence-electron chi connectivity index (χ3n) is 2.19. The molecule has 0 spiro atoms. The minimum absolute atomic E-state index is 0.814. The van der Waals surface area contributed by atoms with Crippen LogP contribution in [0.25, 0.3) is 0 Å². The van der Waals surface area contributed by atoms with Gasteiger partial charge in [-0.2, -0.15) is 5.11 Å². The maximum atomic E-state index is 5.23. The molecule has 0 amide bonds. The van der Waals surface area contributed by atoms with Crippen molar-refractivity contribution < 1.29 is 4.74 Å². The van der Waals surface area contributed by atoms with Crippen LogP contribution >= 0.6 is 22.6 Å². The molecule has 4 heteroatoms. The number of rotatable bonds is 3. The molecule has 0 unspecified atom stereocenters. The zero-order chi connectivity index (χ0) is 12.1. The van der Waals surface area contributed by atoms with Crippen LogP contribution in [0, 0.1) is 3.57 Å². The Hall–Kier alpha value is -1.43. The van der Waals surface area contributed by atoms with Crippen LogP contribution in [0.15, 0.2) is 58.8 Å². The zero-order valence-electron chi connectivity index (χ0n) is 9.30. The molecule has 0 bridgehead atoms. The molecule has 0 N–H and O–H groups in total. The summed E-state index contributed by atoms with van der Waals surface area (Å²) in [6, 6.07) is 15.4. The average Bonchev–Trinajstić information content (AvgIpc) is 2.39. The molecule has 0 fully saturated rings. The van der Waals surface area contributed by atoms with Crippen molar-refractivity contribution in [2.24, 2.45) is 10.2 Å². The van der Waals surface area contributed by atoms with Gasteiger partial charge in [0, 0.05) is 0 Å². The Bertz CT molecular complexity index is 526. The number of methoxy groups -OCH3 is 1. The van der Waals surface area contributed by atoms with E-state index in [4.69, 9.17) is 4.74 Å². The molecule has 0 saturated heterocycles. The first-order chi connectivity index (χ1) is 8.31. The fourth-order valence-corrected chi connectivity index (χ4v) is 2.03. The van der Waals surface area contributed by atoms with E-state index in [1.807, 2.05) is 48.5 Å². The summed E-state index contributed by atoms with van der Waals surface area (Å²) in [5.74, 6) is 0.815. The standard InChI is InChI=1S/C13H11IN2O/c1-17-12-9-5-8-11(13(12)14)16-15-10-6-3-2-4-7-10/h2-9H,1H3. The first-order valence-electron chi connectivity index (χ1n) is 5.10. The number of benzene rings is 2. The van der Waals surface area contributed by atoms with Crippen molar-refractivity contribution in [1.82, 2.24) is 0 Å². The van der Waals surface area contributed by atoms with Crippen LogP contribution in [-0.2, 0) is 0 Å². The van der Waals surface area contributed by atoms with Crippen LogP contribution in [0.1, 0.15) is 0 Å². The van der Waals surface area contributed by atoms with Crippen LogP contribution in [-0.4, -0.2) is 7.11 Å². The van der Waals surface area contributed by atoms with E-state index < -0.39 is 0 Å². The summed E-state index contributed by atoms with van der Waals surface area (Å²) in [4.78, 5) is 0. The minimum atomic E-state index is 0.814. The van der Waals surface area contributed by atoms with Gasteiger partial charge in [0.1, 0.15) is 11.4 Å². The summed E-state index contributed by atoms with van der Waals surface area (Å²) in [5, 5.41) is 8.40. The van der Waals surface area contributed by atoms with Gasteiger partial charge in [0.25, 0.3) is 0 Å². The normalized spacial score (nSPS) is 10.7. The first kappa shape index (κ1) is 12.0. The van der Waals surface area contributed by atoms with E-state index in [1.54, 1.807) is 7.11 Å². The lowest BCUT2D eigenvalue weighted by Crippen LogP contribution is -1.85. The van der Waals surface area contributed by atoms with Gasteiger partial charge in [-0.1, -0.05) is 24.3 Å². The van der Waals surface area contributed by atoms with Crippen molar-refractivity contribution >= 4 is 34.0 Å². The van der Waals surface area contributed by atoms with Gasteiger partial charge in [0.05, 0.1) is 16.4 Å². The quantitative estimate of drug-likeness (QED) is 0.589. The van der Waals surface area contributed by atoms with E-state index in [9.17, 15) is 0 Å². The molecule has 2 aromatic rings. The summed E-state index contributed by atoms with van der Waals surface area (Å²) in [5.41, 5.74) is 1.65. The number of hydrogen-bond acceptors (Lipinski definition) is 3. The lowest BCUT2D eigenvalue weighted by molar-refractivity contribution is 0.412.